The highest BCUT2D eigenvalue weighted by Gasteiger charge is 2.06. The van der Waals surface area contributed by atoms with Crippen LogP contribution in [0.3, 0.4) is 0 Å². The minimum atomic E-state index is 0.0491. The Bertz CT molecular complexity index is 659. The lowest BCUT2D eigenvalue weighted by atomic mass is 10.1. The summed E-state index contributed by atoms with van der Waals surface area (Å²) in [5.74, 6) is 1.48. The average Bonchev–Trinajstić information content (AvgIpc) is 2.66. The van der Waals surface area contributed by atoms with E-state index in [1.807, 2.05) is 36.4 Å². The highest BCUT2D eigenvalue weighted by molar-refractivity contribution is 5.76. The molecule has 2 N–H and O–H groups in total. The Hall–Kier alpha value is -2.69. The van der Waals surface area contributed by atoms with E-state index < -0.39 is 0 Å². The van der Waals surface area contributed by atoms with Gasteiger partial charge in [0.05, 0.1) is 19.9 Å². The van der Waals surface area contributed by atoms with Crippen LogP contribution in [0.15, 0.2) is 48.5 Å². The van der Waals surface area contributed by atoms with Gasteiger partial charge >= 0.3 is 0 Å². The monoisotopic (exact) mass is 342 g/mol. The molecule has 134 valence electrons. The zero-order chi connectivity index (χ0) is 17.9. The molecule has 0 aromatic heterocycles. The summed E-state index contributed by atoms with van der Waals surface area (Å²) < 4.78 is 10.5. The SMILES string of the molecule is COc1ccc(NCCC(=O)NCCCc2ccccc2)c(OC)c1. The molecule has 2 aromatic rings. The van der Waals surface area contributed by atoms with Gasteiger partial charge in [0.15, 0.2) is 0 Å². The molecular formula is C20H26N2O3. The summed E-state index contributed by atoms with van der Waals surface area (Å²) in [6, 6.07) is 15.8. The number of ether oxygens (including phenoxy) is 2. The number of aryl methyl sites for hydroxylation is 1. The number of hydrogen-bond acceptors (Lipinski definition) is 4. The number of methoxy groups -OCH3 is 2. The van der Waals surface area contributed by atoms with E-state index in [2.05, 4.69) is 22.8 Å². The molecule has 5 heteroatoms. The molecule has 0 atom stereocenters. The number of carbonyl (C=O) groups is 1. The predicted molar refractivity (Wildman–Crippen MR) is 100 cm³/mol. The summed E-state index contributed by atoms with van der Waals surface area (Å²) in [6.45, 7) is 1.24. The van der Waals surface area contributed by atoms with E-state index in [9.17, 15) is 4.79 Å². The lowest BCUT2D eigenvalue weighted by molar-refractivity contribution is -0.120. The van der Waals surface area contributed by atoms with Crippen LogP contribution in [0.1, 0.15) is 18.4 Å². The van der Waals surface area contributed by atoms with Crippen molar-refractivity contribution in [2.75, 3.05) is 32.6 Å². The quantitative estimate of drug-likeness (QED) is 0.651. The first-order chi connectivity index (χ1) is 12.2. The lowest BCUT2D eigenvalue weighted by Crippen LogP contribution is -2.26. The smallest absolute Gasteiger partial charge is 0.221 e. The van der Waals surface area contributed by atoms with E-state index in [4.69, 9.17) is 9.47 Å². The molecule has 25 heavy (non-hydrogen) atoms. The van der Waals surface area contributed by atoms with Gasteiger partial charge in [-0.2, -0.15) is 0 Å². The largest absolute Gasteiger partial charge is 0.497 e. The number of amides is 1. The Kier molecular flexibility index (Phi) is 7.63. The first kappa shape index (κ1) is 18.6. The second-order valence-corrected chi connectivity index (χ2v) is 5.68. The van der Waals surface area contributed by atoms with E-state index in [1.54, 1.807) is 14.2 Å². The summed E-state index contributed by atoms with van der Waals surface area (Å²) in [6.07, 6.45) is 2.33. The molecule has 0 unspecified atom stereocenters. The molecule has 0 aliphatic rings. The van der Waals surface area contributed by atoms with Gasteiger partial charge in [-0.05, 0) is 30.5 Å². The first-order valence-electron chi connectivity index (χ1n) is 8.49. The van der Waals surface area contributed by atoms with Crippen molar-refractivity contribution in [2.45, 2.75) is 19.3 Å². The molecule has 0 heterocycles. The minimum absolute atomic E-state index is 0.0491. The van der Waals surface area contributed by atoms with Crippen molar-refractivity contribution in [3.63, 3.8) is 0 Å². The normalized spacial score (nSPS) is 10.2. The Labute approximate surface area is 149 Å². The van der Waals surface area contributed by atoms with Crippen LogP contribution >= 0.6 is 0 Å². The van der Waals surface area contributed by atoms with Crippen molar-refractivity contribution >= 4 is 11.6 Å². The van der Waals surface area contributed by atoms with Gasteiger partial charge in [0, 0.05) is 25.6 Å². The number of carbonyl (C=O) groups excluding carboxylic acids is 1. The molecule has 0 aliphatic carbocycles. The Morgan fingerprint density at radius 1 is 1.00 bits per heavy atom. The maximum Gasteiger partial charge on any atom is 0.221 e. The third kappa shape index (κ3) is 6.37. The van der Waals surface area contributed by atoms with Crippen molar-refractivity contribution < 1.29 is 14.3 Å². The maximum atomic E-state index is 11.9. The molecule has 2 rings (SSSR count). The number of rotatable bonds is 10. The summed E-state index contributed by atoms with van der Waals surface area (Å²) in [5.41, 5.74) is 2.14. The molecule has 0 fully saturated rings. The Balaban J connectivity index is 1.65. The van der Waals surface area contributed by atoms with E-state index in [0.29, 0.717) is 25.3 Å². The van der Waals surface area contributed by atoms with Crippen molar-refractivity contribution in [3.8, 4) is 11.5 Å². The second kappa shape index (κ2) is 10.2. The van der Waals surface area contributed by atoms with E-state index in [1.165, 1.54) is 5.56 Å². The summed E-state index contributed by atoms with van der Waals surface area (Å²) in [5, 5.41) is 6.18. The summed E-state index contributed by atoms with van der Waals surface area (Å²) in [4.78, 5) is 11.9. The van der Waals surface area contributed by atoms with Gasteiger partial charge in [-0.1, -0.05) is 30.3 Å². The van der Waals surface area contributed by atoms with Crippen LogP contribution in [0.4, 0.5) is 5.69 Å². The second-order valence-electron chi connectivity index (χ2n) is 5.68. The van der Waals surface area contributed by atoms with Gasteiger partial charge in [-0.25, -0.2) is 0 Å². The van der Waals surface area contributed by atoms with E-state index in [-0.39, 0.29) is 5.91 Å². The van der Waals surface area contributed by atoms with Gasteiger partial charge < -0.3 is 20.1 Å². The zero-order valence-electron chi connectivity index (χ0n) is 14.9. The molecule has 0 saturated heterocycles. The third-order valence-electron chi connectivity index (χ3n) is 3.88. The van der Waals surface area contributed by atoms with E-state index in [0.717, 1.165) is 24.3 Å². The van der Waals surface area contributed by atoms with Crippen LogP contribution in [0.5, 0.6) is 11.5 Å². The molecule has 0 spiro atoms. The van der Waals surface area contributed by atoms with Gasteiger partial charge in [0.1, 0.15) is 11.5 Å². The van der Waals surface area contributed by atoms with Crippen LogP contribution in [0.2, 0.25) is 0 Å². The van der Waals surface area contributed by atoms with Crippen LogP contribution in [-0.4, -0.2) is 33.2 Å². The number of benzene rings is 2. The Morgan fingerprint density at radius 3 is 2.52 bits per heavy atom. The van der Waals surface area contributed by atoms with Gasteiger partial charge in [0.2, 0.25) is 5.91 Å². The first-order valence-corrected chi connectivity index (χ1v) is 8.49. The fourth-order valence-electron chi connectivity index (χ4n) is 2.51. The number of hydrogen-bond donors (Lipinski definition) is 2. The van der Waals surface area contributed by atoms with Crippen molar-refractivity contribution in [1.29, 1.82) is 0 Å². The van der Waals surface area contributed by atoms with Gasteiger partial charge in [-0.15, -0.1) is 0 Å². The van der Waals surface area contributed by atoms with Crippen LogP contribution < -0.4 is 20.1 Å². The highest BCUT2D eigenvalue weighted by atomic mass is 16.5. The van der Waals surface area contributed by atoms with Gasteiger partial charge in [0.25, 0.3) is 0 Å². The zero-order valence-corrected chi connectivity index (χ0v) is 14.9. The fourth-order valence-corrected chi connectivity index (χ4v) is 2.51. The minimum Gasteiger partial charge on any atom is -0.497 e. The summed E-state index contributed by atoms with van der Waals surface area (Å²) in [7, 11) is 3.23. The molecule has 0 saturated carbocycles. The average molecular weight is 342 g/mol. The van der Waals surface area contributed by atoms with Crippen molar-refractivity contribution in [1.82, 2.24) is 5.32 Å². The lowest BCUT2D eigenvalue weighted by Gasteiger charge is -2.12. The Morgan fingerprint density at radius 2 is 1.80 bits per heavy atom. The summed E-state index contributed by atoms with van der Waals surface area (Å²) >= 11 is 0. The highest BCUT2D eigenvalue weighted by Crippen LogP contribution is 2.28. The maximum absolute atomic E-state index is 11.9. The van der Waals surface area contributed by atoms with Crippen LogP contribution in [0, 0.1) is 0 Å². The molecule has 1 amide bonds. The predicted octanol–water partition coefficient (Wildman–Crippen LogP) is 3.25. The molecule has 0 radical (unpaired) electrons. The van der Waals surface area contributed by atoms with Gasteiger partial charge in [-0.3, -0.25) is 4.79 Å². The molecule has 0 aliphatic heterocycles. The fraction of sp³-hybridized carbons (Fsp3) is 0.350. The van der Waals surface area contributed by atoms with Crippen molar-refractivity contribution in [2.24, 2.45) is 0 Å². The third-order valence-corrected chi connectivity index (χ3v) is 3.88. The number of anilines is 1. The number of nitrogens with one attached hydrogen (secondary N) is 2. The van der Waals surface area contributed by atoms with E-state index >= 15 is 0 Å². The topological polar surface area (TPSA) is 59.6 Å². The molecule has 5 nitrogen and oxygen atoms in total. The van der Waals surface area contributed by atoms with Crippen LogP contribution in [-0.2, 0) is 11.2 Å². The standard InChI is InChI=1S/C20H26N2O3/c1-24-17-10-11-18(19(15-17)25-2)21-14-12-20(23)22-13-6-9-16-7-4-3-5-8-16/h3-5,7-8,10-11,15,21H,6,9,12-14H2,1-2H3,(H,22,23). The molecule has 0 bridgehead atoms. The van der Waals surface area contributed by atoms with Crippen molar-refractivity contribution in [3.05, 3.63) is 54.1 Å². The molecular weight excluding hydrogens is 316 g/mol. The van der Waals surface area contributed by atoms with Crippen LogP contribution in [0.25, 0.3) is 0 Å². The molecule has 2 aromatic carbocycles.